The minimum absolute atomic E-state index is 0.178. The Morgan fingerprint density at radius 3 is 2.39 bits per heavy atom. The van der Waals surface area contributed by atoms with Gasteiger partial charge in [0.2, 0.25) is 0 Å². The van der Waals surface area contributed by atoms with Crippen molar-refractivity contribution in [1.29, 1.82) is 0 Å². The quantitative estimate of drug-likeness (QED) is 0.475. The number of aliphatic imine (C=N–C) groups is 1. The van der Waals surface area contributed by atoms with Gasteiger partial charge in [-0.25, -0.2) is 19.7 Å². The molecule has 4 aromatic rings. The number of carboxylic acids is 1. The molecule has 0 bridgehead atoms. The van der Waals surface area contributed by atoms with Crippen molar-refractivity contribution < 1.29 is 14.7 Å². The summed E-state index contributed by atoms with van der Waals surface area (Å²) in [5.41, 5.74) is 2.79. The lowest BCUT2D eigenvalue weighted by Gasteiger charge is -2.14. The number of hydrogen-bond donors (Lipinski definition) is 1. The predicted octanol–water partition coefficient (Wildman–Crippen LogP) is 4.83. The normalized spacial score (nSPS) is 15.0. The second-order valence-electron chi connectivity index (χ2n) is 6.87. The molecule has 5 rings (SSSR count). The third-order valence-electron chi connectivity index (χ3n) is 4.81. The number of carbonyl (C=O) groups excluding carboxylic acids is 1. The van der Waals surface area contributed by atoms with Gasteiger partial charge in [0.25, 0.3) is 5.91 Å². The number of aromatic nitrogens is 1. The zero-order valence-corrected chi connectivity index (χ0v) is 16.9. The highest BCUT2D eigenvalue weighted by Crippen LogP contribution is 2.34. The lowest BCUT2D eigenvalue weighted by Crippen LogP contribution is -2.32. The summed E-state index contributed by atoms with van der Waals surface area (Å²) in [4.78, 5) is 35.4. The monoisotopic (exact) mass is 425 g/mol. The Bertz CT molecular complexity index is 1380. The van der Waals surface area contributed by atoms with Crippen molar-refractivity contribution in [2.75, 3.05) is 4.90 Å². The van der Waals surface area contributed by atoms with E-state index in [9.17, 15) is 14.7 Å². The van der Waals surface area contributed by atoms with Crippen LogP contribution in [0.2, 0.25) is 0 Å². The number of carbonyl (C=O) groups is 2. The number of anilines is 1. The summed E-state index contributed by atoms with van der Waals surface area (Å²) in [5.74, 6) is -0.792. The summed E-state index contributed by atoms with van der Waals surface area (Å²) in [7, 11) is 0. The molecule has 0 spiro atoms. The third-order valence-corrected chi connectivity index (χ3v) is 5.81. The molecule has 3 aromatic carbocycles. The van der Waals surface area contributed by atoms with Gasteiger partial charge in [0, 0.05) is 5.56 Å². The first kappa shape index (κ1) is 18.9. The molecule has 2 heterocycles. The molecule has 0 saturated heterocycles. The molecule has 0 saturated carbocycles. The minimum atomic E-state index is -1.01. The number of fused-ring (bicyclic) bond motifs is 1. The average Bonchev–Trinajstić information content (AvgIpc) is 3.35. The summed E-state index contributed by atoms with van der Waals surface area (Å²) < 4.78 is 0.690. The van der Waals surface area contributed by atoms with Gasteiger partial charge in [-0.1, -0.05) is 72.0 Å². The molecule has 7 heteroatoms. The van der Waals surface area contributed by atoms with Crippen molar-refractivity contribution in [3.8, 4) is 0 Å². The predicted molar refractivity (Wildman–Crippen MR) is 121 cm³/mol. The first-order chi connectivity index (χ1) is 15.1. The smallest absolute Gasteiger partial charge is 0.335 e. The van der Waals surface area contributed by atoms with E-state index in [0.717, 1.165) is 11.1 Å². The van der Waals surface area contributed by atoms with Crippen molar-refractivity contribution in [3.05, 3.63) is 101 Å². The van der Waals surface area contributed by atoms with Crippen LogP contribution in [0.3, 0.4) is 0 Å². The van der Waals surface area contributed by atoms with E-state index in [1.54, 1.807) is 18.2 Å². The van der Waals surface area contributed by atoms with Crippen LogP contribution in [-0.4, -0.2) is 27.8 Å². The highest BCUT2D eigenvalue weighted by Gasteiger charge is 2.34. The van der Waals surface area contributed by atoms with E-state index in [0.29, 0.717) is 26.9 Å². The van der Waals surface area contributed by atoms with Crippen LogP contribution >= 0.6 is 11.3 Å². The van der Waals surface area contributed by atoms with E-state index in [2.05, 4.69) is 9.98 Å². The topological polar surface area (TPSA) is 82.9 Å². The summed E-state index contributed by atoms with van der Waals surface area (Å²) in [6, 6.07) is 23.7. The van der Waals surface area contributed by atoms with Gasteiger partial charge in [-0.2, -0.15) is 0 Å². The van der Waals surface area contributed by atoms with Crippen LogP contribution in [0.25, 0.3) is 16.3 Å². The largest absolute Gasteiger partial charge is 0.478 e. The van der Waals surface area contributed by atoms with Crippen LogP contribution in [0, 0.1) is 0 Å². The number of rotatable bonds is 4. The van der Waals surface area contributed by atoms with Gasteiger partial charge in [-0.3, -0.25) is 4.79 Å². The first-order valence-corrected chi connectivity index (χ1v) is 10.3. The lowest BCUT2D eigenvalue weighted by atomic mass is 10.2. The Balaban J connectivity index is 1.63. The van der Waals surface area contributed by atoms with E-state index in [1.165, 1.54) is 22.3 Å². The molecule has 31 heavy (non-hydrogen) atoms. The Kier molecular flexibility index (Phi) is 4.65. The number of thiazole rings is 1. The molecular weight excluding hydrogens is 410 g/mol. The maximum Gasteiger partial charge on any atom is 0.335 e. The zero-order chi connectivity index (χ0) is 21.4. The number of benzene rings is 3. The van der Waals surface area contributed by atoms with Crippen LogP contribution < -0.4 is 4.90 Å². The minimum Gasteiger partial charge on any atom is -0.478 e. The highest BCUT2D eigenvalue weighted by atomic mass is 32.1. The molecular formula is C24H15N3O3S. The summed E-state index contributed by atoms with van der Waals surface area (Å²) in [6.07, 6.45) is 1.75. The van der Waals surface area contributed by atoms with Crippen LogP contribution in [0.1, 0.15) is 21.5 Å². The van der Waals surface area contributed by atoms with Crippen LogP contribution in [0.4, 0.5) is 5.13 Å². The van der Waals surface area contributed by atoms with Gasteiger partial charge in [0.1, 0.15) is 11.5 Å². The summed E-state index contributed by atoms with van der Waals surface area (Å²) in [6.45, 7) is 0. The molecule has 6 nitrogen and oxygen atoms in total. The molecule has 0 radical (unpaired) electrons. The fraction of sp³-hybridized carbons (Fsp3) is 0. The summed E-state index contributed by atoms with van der Waals surface area (Å²) >= 11 is 1.26. The maximum atomic E-state index is 13.4. The number of amides is 1. The number of carboxylic acid groups (broad SMARTS) is 1. The molecule has 150 valence electrons. The maximum absolute atomic E-state index is 13.4. The van der Waals surface area contributed by atoms with Gasteiger partial charge in [-0.05, 0) is 29.8 Å². The molecule has 1 N–H and O–H groups in total. The van der Waals surface area contributed by atoms with Crippen molar-refractivity contribution in [2.45, 2.75) is 0 Å². The second kappa shape index (κ2) is 7.62. The van der Waals surface area contributed by atoms with Crippen molar-refractivity contribution in [3.63, 3.8) is 0 Å². The van der Waals surface area contributed by atoms with E-state index in [4.69, 9.17) is 0 Å². The second-order valence-corrected chi connectivity index (χ2v) is 7.88. The Morgan fingerprint density at radius 1 is 0.968 bits per heavy atom. The molecule has 0 fully saturated rings. The first-order valence-electron chi connectivity index (χ1n) is 9.49. The van der Waals surface area contributed by atoms with E-state index >= 15 is 0 Å². The molecule has 0 atom stereocenters. The molecule has 1 aliphatic heterocycles. The molecule has 1 aromatic heterocycles. The van der Waals surface area contributed by atoms with E-state index in [-0.39, 0.29) is 11.5 Å². The van der Waals surface area contributed by atoms with E-state index < -0.39 is 5.97 Å². The number of aromatic carboxylic acids is 1. The van der Waals surface area contributed by atoms with Crippen LogP contribution in [0.5, 0.6) is 0 Å². The van der Waals surface area contributed by atoms with Crippen LogP contribution in [0.15, 0.2) is 89.6 Å². The standard InChI is InChI=1S/C24H15N3O3S/c28-22-19(13-15-7-3-1-4-8-15)25-21(16-9-5-2-6-10-16)27(22)24-26-18-12-11-17(23(29)30)14-20(18)31-24/h1-14H,(H,29,30)/b19-13-. The average molecular weight is 425 g/mol. The van der Waals surface area contributed by atoms with E-state index in [1.807, 2.05) is 60.7 Å². The molecule has 0 unspecified atom stereocenters. The van der Waals surface area contributed by atoms with Crippen molar-refractivity contribution in [2.24, 2.45) is 4.99 Å². The fourth-order valence-corrected chi connectivity index (χ4v) is 4.33. The Morgan fingerprint density at radius 2 is 1.68 bits per heavy atom. The van der Waals surface area contributed by atoms with Crippen LogP contribution in [-0.2, 0) is 4.79 Å². The Labute approximate surface area is 181 Å². The lowest BCUT2D eigenvalue weighted by molar-refractivity contribution is -0.113. The van der Waals surface area contributed by atoms with Gasteiger partial charge in [-0.15, -0.1) is 0 Å². The van der Waals surface area contributed by atoms with Crippen molar-refractivity contribution in [1.82, 2.24) is 4.98 Å². The number of amidine groups is 1. The Hall–Kier alpha value is -4.10. The highest BCUT2D eigenvalue weighted by molar-refractivity contribution is 7.22. The zero-order valence-electron chi connectivity index (χ0n) is 16.1. The van der Waals surface area contributed by atoms with Gasteiger partial charge in [0.05, 0.1) is 15.8 Å². The van der Waals surface area contributed by atoms with Gasteiger partial charge in [0.15, 0.2) is 5.13 Å². The van der Waals surface area contributed by atoms with Gasteiger partial charge >= 0.3 is 5.97 Å². The van der Waals surface area contributed by atoms with Gasteiger partial charge < -0.3 is 5.11 Å². The SMILES string of the molecule is O=C(O)c1ccc2nc(N3C(=O)/C(=C/c4ccccc4)N=C3c3ccccc3)sc2c1. The third kappa shape index (κ3) is 3.51. The molecule has 0 aliphatic carbocycles. The number of nitrogens with zero attached hydrogens (tertiary/aromatic N) is 3. The fourth-order valence-electron chi connectivity index (χ4n) is 3.32. The summed E-state index contributed by atoms with van der Waals surface area (Å²) in [5, 5.41) is 9.71. The van der Waals surface area contributed by atoms with Crippen molar-refractivity contribution >= 4 is 50.5 Å². The number of hydrogen-bond acceptors (Lipinski definition) is 5. The molecule has 1 aliphatic rings. The molecule has 1 amide bonds.